The fourth-order valence-corrected chi connectivity index (χ4v) is 2.06. The van der Waals surface area contributed by atoms with Gasteiger partial charge in [-0.25, -0.2) is 4.39 Å². The second-order valence-corrected chi connectivity index (χ2v) is 4.97. The van der Waals surface area contributed by atoms with Crippen LogP contribution in [0, 0.1) is 15.9 Å². The lowest BCUT2D eigenvalue weighted by molar-refractivity contribution is -0.384. The van der Waals surface area contributed by atoms with Crippen molar-refractivity contribution >= 4 is 34.6 Å². The molecule has 1 amide bonds. The van der Waals surface area contributed by atoms with E-state index in [0.717, 1.165) is 6.07 Å². The van der Waals surface area contributed by atoms with Crippen molar-refractivity contribution in [1.82, 2.24) is 5.32 Å². The number of carbonyl (C=O) groups is 1. The van der Waals surface area contributed by atoms with E-state index in [0.29, 0.717) is 5.75 Å². The Kier molecular flexibility index (Phi) is 5.38. The van der Waals surface area contributed by atoms with Crippen LogP contribution in [0.2, 0.25) is 0 Å². The number of hydrogen-bond acceptors (Lipinski definition) is 5. The number of nitrogens with one attached hydrogen (secondary N) is 2. The molecule has 2 aromatic carbocycles. The molecule has 0 radical (unpaired) electrons. The summed E-state index contributed by atoms with van der Waals surface area (Å²) in [5.74, 6) is -0.891. The Labute approximate surface area is 141 Å². The maximum absolute atomic E-state index is 13.1. The standard InChI is InChI=1S/C15H12FN3O4S/c1-23-11-5-6-12(13(8-11)19(21)22)17-15(24)18-14(20)9-3-2-4-10(16)7-9/h2-8H,1H3,(H2,17,18,20,24). The van der Waals surface area contributed by atoms with Gasteiger partial charge < -0.3 is 10.1 Å². The highest BCUT2D eigenvalue weighted by molar-refractivity contribution is 7.80. The Morgan fingerprint density at radius 2 is 2.04 bits per heavy atom. The summed E-state index contributed by atoms with van der Waals surface area (Å²) in [5.41, 5.74) is -0.106. The van der Waals surface area contributed by atoms with Gasteiger partial charge in [0.25, 0.3) is 11.6 Å². The minimum Gasteiger partial charge on any atom is -0.496 e. The molecule has 0 saturated carbocycles. The first-order chi connectivity index (χ1) is 11.4. The van der Waals surface area contributed by atoms with Crippen LogP contribution in [-0.2, 0) is 0 Å². The molecule has 0 aliphatic heterocycles. The van der Waals surface area contributed by atoms with Gasteiger partial charge in [0.05, 0.1) is 18.1 Å². The van der Waals surface area contributed by atoms with Gasteiger partial charge in [-0.05, 0) is 42.5 Å². The van der Waals surface area contributed by atoms with Crippen molar-refractivity contribution in [3.05, 3.63) is 64.0 Å². The number of halogens is 1. The average Bonchev–Trinajstić information content (AvgIpc) is 2.54. The predicted octanol–water partition coefficient (Wildman–Crippen LogP) is 2.87. The Hall–Kier alpha value is -3.07. The summed E-state index contributed by atoms with van der Waals surface area (Å²) in [6.45, 7) is 0. The number of anilines is 1. The molecule has 7 nitrogen and oxygen atoms in total. The Bertz CT molecular complexity index is 813. The summed E-state index contributed by atoms with van der Waals surface area (Å²) in [5, 5.41) is 15.8. The molecular formula is C15H12FN3O4S. The third-order valence-corrected chi connectivity index (χ3v) is 3.17. The number of rotatable bonds is 4. The molecule has 0 aliphatic rings. The minimum atomic E-state index is -0.636. The van der Waals surface area contributed by atoms with Crippen LogP contribution in [0.15, 0.2) is 42.5 Å². The quantitative estimate of drug-likeness (QED) is 0.501. The number of thiocarbonyl (C=S) groups is 1. The molecule has 0 aliphatic carbocycles. The van der Waals surface area contributed by atoms with Crippen molar-refractivity contribution in [2.45, 2.75) is 0 Å². The second-order valence-electron chi connectivity index (χ2n) is 4.56. The highest BCUT2D eigenvalue weighted by atomic mass is 32.1. The van der Waals surface area contributed by atoms with Gasteiger partial charge >= 0.3 is 0 Å². The molecule has 0 saturated heterocycles. The zero-order chi connectivity index (χ0) is 17.7. The molecule has 0 atom stereocenters. The van der Waals surface area contributed by atoms with Gasteiger partial charge in [-0.1, -0.05) is 6.07 Å². The topological polar surface area (TPSA) is 93.5 Å². The Morgan fingerprint density at radius 3 is 2.67 bits per heavy atom. The van der Waals surface area contributed by atoms with Gasteiger partial charge in [-0.15, -0.1) is 0 Å². The van der Waals surface area contributed by atoms with E-state index in [1.165, 1.54) is 43.5 Å². The second kappa shape index (κ2) is 7.47. The van der Waals surface area contributed by atoms with E-state index in [1.807, 2.05) is 0 Å². The van der Waals surface area contributed by atoms with E-state index >= 15 is 0 Å². The molecule has 2 rings (SSSR count). The van der Waals surface area contributed by atoms with Gasteiger partial charge in [0.15, 0.2) is 5.11 Å². The first-order valence-corrected chi connectivity index (χ1v) is 7.02. The van der Waals surface area contributed by atoms with E-state index in [9.17, 15) is 19.3 Å². The summed E-state index contributed by atoms with van der Waals surface area (Å²) in [7, 11) is 1.38. The van der Waals surface area contributed by atoms with Crippen LogP contribution in [0.1, 0.15) is 10.4 Å². The molecule has 124 valence electrons. The Balaban J connectivity index is 2.12. The van der Waals surface area contributed by atoms with Crippen LogP contribution < -0.4 is 15.4 Å². The highest BCUT2D eigenvalue weighted by Crippen LogP contribution is 2.28. The van der Waals surface area contributed by atoms with Crippen molar-refractivity contribution < 1.29 is 18.8 Å². The highest BCUT2D eigenvalue weighted by Gasteiger charge is 2.17. The third kappa shape index (κ3) is 4.23. The summed E-state index contributed by atoms with van der Waals surface area (Å²) in [4.78, 5) is 22.4. The first kappa shape index (κ1) is 17.3. The Morgan fingerprint density at radius 1 is 1.29 bits per heavy atom. The lowest BCUT2D eigenvalue weighted by Gasteiger charge is -2.10. The molecule has 0 heterocycles. The number of hydrogen-bond donors (Lipinski definition) is 2. The van der Waals surface area contributed by atoms with Crippen LogP contribution in [0.25, 0.3) is 0 Å². The van der Waals surface area contributed by atoms with Crippen molar-refractivity contribution in [2.75, 3.05) is 12.4 Å². The molecule has 0 spiro atoms. The molecule has 9 heteroatoms. The molecule has 0 aromatic heterocycles. The van der Waals surface area contributed by atoms with Crippen LogP contribution in [-0.4, -0.2) is 23.1 Å². The maximum atomic E-state index is 13.1. The van der Waals surface area contributed by atoms with Crippen molar-refractivity contribution in [3.8, 4) is 5.75 Å². The number of nitro groups is 1. The van der Waals surface area contributed by atoms with Crippen molar-refractivity contribution in [3.63, 3.8) is 0 Å². The molecular weight excluding hydrogens is 337 g/mol. The fourth-order valence-electron chi connectivity index (χ4n) is 1.85. The molecule has 2 aromatic rings. The average molecular weight is 349 g/mol. The number of nitrogens with zero attached hydrogens (tertiary/aromatic N) is 1. The first-order valence-electron chi connectivity index (χ1n) is 6.61. The lowest BCUT2D eigenvalue weighted by Crippen LogP contribution is -2.34. The zero-order valence-corrected chi connectivity index (χ0v) is 13.2. The third-order valence-electron chi connectivity index (χ3n) is 2.96. The largest absolute Gasteiger partial charge is 0.496 e. The van der Waals surface area contributed by atoms with Crippen LogP contribution in [0.3, 0.4) is 0 Å². The maximum Gasteiger partial charge on any atom is 0.296 e. The van der Waals surface area contributed by atoms with Gasteiger partial charge in [-0.3, -0.25) is 20.2 Å². The predicted molar refractivity (Wildman–Crippen MR) is 89.7 cm³/mol. The monoisotopic (exact) mass is 349 g/mol. The van der Waals surface area contributed by atoms with Crippen LogP contribution in [0.4, 0.5) is 15.8 Å². The lowest BCUT2D eigenvalue weighted by atomic mass is 10.2. The summed E-state index contributed by atoms with van der Waals surface area (Å²) in [6, 6.07) is 9.18. The van der Waals surface area contributed by atoms with E-state index in [1.54, 1.807) is 0 Å². The fraction of sp³-hybridized carbons (Fsp3) is 0.0667. The van der Waals surface area contributed by atoms with E-state index in [2.05, 4.69) is 10.6 Å². The van der Waals surface area contributed by atoms with Crippen LogP contribution >= 0.6 is 12.2 Å². The van der Waals surface area contributed by atoms with E-state index < -0.39 is 16.6 Å². The SMILES string of the molecule is COc1ccc(NC(=S)NC(=O)c2cccc(F)c2)c([N+](=O)[O-])c1. The van der Waals surface area contributed by atoms with E-state index in [4.69, 9.17) is 17.0 Å². The zero-order valence-electron chi connectivity index (χ0n) is 12.4. The van der Waals surface area contributed by atoms with Gasteiger partial charge in [0, 0.05) is 5.56 Å². The number of nitro benzene ring substituents is 1. The van der Waals surface area contributed by atoms with E-state index in [-0.39, 0.29) is 22.1 Å². The van der Waals surface area contributed by atoms with Gasteiger partial charge in [-0.2, -0.15) is 0 Å². The summed E-state index contributed by atoms with van der Waals surface area (Å²) >= 11 is 4.96. The molecule has 2 N–H and O–H groups in total. The molecule has 0 fully saturated rings. The van der Waals surface area contributed by atoms with Crippen molar-refractivity contribution in [2.24, 2.45) is 0 Å². The number of ether oxygens (including phenoxy) is 1. The number of methoxy groups -OCH3 is 1. The number of benzene rings is 2. The normalized spacial score (nSPS) is 9.92. The molecule has 0 unspecified atom stereocenters. The number of carbonyl (C=O) groups excluding carboxylic acids is 1. The van der Waals surface area contributed by atoms with Crippen LogP contribution in [0.5, 0.6) is 5.75 Å². The number of amides is 1. The van der Waals surface area contributed by atoms with Gasteiger partial charge in [0.2, 0.25) is 0 Å². The molecule has 0 bridgehead atoms. The van der Waals surface area contributed by atoms with Crippen molar-refractivity contribution in [1.29, 1.82) is 0 Å². The molecule has 24 heavy (non-hydrogen) atoms. The van der Waals surface area contributed by atoms with Gasteiger partial charge in [0.1, 0.15) is 17.3 Å². The minimum absolute atomic E-state index is 0.0726. The summed E-state index contributed by atoms with van der Waals surface area (Å²) < 4.78 is 18.0. The smallest absolute Gasteiger partial charge is 0.296 e. The summed E-state index contributed by atoms with van der Waals surface area (Å²) in [6.07, 6.45) is 0.